The van der Waals surface area contributed by atoms with E-state index in [0.29, 0.717) is 31.9 Å². The lowest BCUT2D eigenvalue weighted by atomic mass is 10.2. The van der Waals surface area contributed by atoms with Crippen LogP contribution in [0.3, 0.4) is 0 Å². The Labute approximate surface area is 116 Å². The molecular formula is C14H17N3O3. The topological polar surface area (TPSA) is 56.1 Å². The molecule has 0 N–H and O–H groups in total. The van der Waals surface area contributed by atoms with Crippen LogP contribution in [0.25, 0.3) is 5.65 Å². The lowest BCUT2D eigenvalue weighted by Crippen LogP contribution is -2.40. The van der Waals surface area contributed by atoms with Gasteiger partial charge in [-0.2, -0.15) is 0 Å². The second-order valence-corrected chi connectivity index (χ2v) is 4.86. The highest BCUT2D eigenvalue weighted by molar-refractivity contribution is 5.94. The van der Waals surface area contributed by atoms with E-state index in [-0.39, 0.29) is 12.0 Å². The third kappa shape index (κ3) is 2.66. The zero-order valence-corrected chi connectivity index (χ0v) is 11.4. The second-order valence-electron chi connectivity index (χ2n) is 4.86. The molecule has 0 radical (unpaired) electrons. The van der Waals surface area contributed by atoms with Crippen molar-refractivity contribution in [3.05, 3.63) is 36.3 Å². The number of rotatable bonds is 3. The van der Waals surface area contributed by atoms with Crippen LogP contribution in [0.2, 0.25) is 0 Å². The third-order valence-electron chi connectivity index (χ3n) is 3.34. The molecule has 3 heterocycles. The van der Waals surface area contributed by atoms with Gasteiger partial charge < -0.3 is 18.8 Å². The summed E-state index contributed by atoms with van der Waals surface area (Å²) in [6.45, 7) is 2.29. The molecule has 1 saturated heterocycles. The van der Waals surface area contributed by atoms with E-state index in [1.807, 2.05) is 16.7 Å². The first kappa shape index (κ1) is 13.1. The molecule has 2 aromatic heterocycles. The number of aromatic nitrogens is 2. The van der Waals surface area contributed by atoms with Crippen molar-refractivity contribution in [2.24, 2.45) is 0 Å². The molecule has 6 heteroatoms. The SMILES string of the molecule is CN(C[C@@H]1COCCO1)C(=O)c1ccc2nccn2c1. The monoisotopic (exact) mass is 275 g/mol. The summed E-state index contributed by atoms with van der Waals surface area (Å²) in [6.07, 6.45) is 5.28. The minimum Gasteiger partial charge on any atom is -0.376 e. The standard InChI is InChI=1S/C14H17N3O3/c1-16(9-12-10-19-6-7-20-12)14(18)11-2-3-13-15-4-5-17(13)8-11/h2-5,8,12H,6-7,9-10H2,1H3/t12-/m1/s1. The summed E-state index contributed by atoms with van der Waals surface area (Å²) in [7, 11) is 1.78. The lowest BCUT2D eigenvalue weighted by molar-refractivity contribution is -0.0933. The molecule has 1 aliphatic rings. The van der Waals surface area contributed by atoms with Gasteiger partial charge in [-0.1, -0.05) is 0 Å². The van der Waals surface area contributed by atoms with Crippen LogP contribution >= 0.6 is 0 Å². The first-order valence-electron chi connectivity index (χ1n) is 6.61. The van der Waals surface area contributed by atoms with E-state index in [9.17, 15) is 4.79 Å². The molecule has 0 bridgehead atoms. The van der Waals surface area contributed by atoms with Gasteiger partial charge in [0.05, 0.1) is 31.5 Å². The van der Waals surface area contributed by atoms with Crippen molar-refractivity contribution in [3.63, 3.8) is 0 Å². The van der Waals surface area contributed by atoms with Crippen molar-refractivity contribution in [2.75, 3.05) is 33.4 Å². The van der Waals surface area contributed by atoms with Crippen LogP contribution in [-0.4, -0.2) is 59.7 Å². The summed E-state index contributed by atoms with van der Waals surface area (Å²) in [5, 5.41) is 0. The molecule has 0 unspecified atom stereocenters. The molecule has 106 valence electrons. The molecule has 0 saturated carbocycles. The minimum atomic E-state index is -0.0466. The Morgan fingerprint density at radius 1 is 1.50 bits per heavy atom. The number of carbonyl (C=O) groups is 1. The molecule has 0 aliphatic carbocycles. The zero-order valence-electron chi connectivity index (χ0n) is 11.4. The van der Waals surface area contributed by atoms with Gasteiger partial charge in [0.1, 0.15) is 5.65 Å². The van der Waals surface area contributed by atoms with Crippen LogP contribution in [0.1, 0.15) is 10.4 Å². The number of imidazole rings is 1. The maximum atomic E-state index is 12.4. The van der Waals surface area contributed by atoms with Gasteiger partial charge in [-0.3, -0.25) is 4.79 Å². The number of likely N-dealkylation sites (N-methyl/N-ethyl adjacent to an activating group) is 1. The molecule has 1 fully saturated rings. The third-order valence-corrected chi connectivity index (χ3v) is 3.34. The van der Waals surface area contributed by atoms with Gasteiger partial charge in [0, 0.05) is 32.2 Å². The fraction of sp³-hybridized carbons (Fsp3) is 0.429. The van der Waals surface area contributed by atoms with Crippen LogP contribution in [0, 0.1) is 0 Å². The quantitative estimate of drug-likeness (QED) is 0.832. The Balaban J connectivity index is 1.70. The summed E-state index contributed by atoms with van der Waals surface area (Å²) >= 11 is 0. The molecule has 1 atom stereocenters. The van der Waals surface area contributed by atoms with E-state index >= 15 is 0 Å². The van der Waals surface area contributed by atoms with Crippen LogP contribution in [0.4, 0.5) is 0 Å². The highest BCUT2D eigenvalue weighted by Crippen LogP contribution is 2.09. The van der Waals surface area contributed by atoms with E-state index in [1.165, 1.54) is 0 Å². The first-order valence-corrected chi connectivity index (χ1v) is 6.61. The van der Waals surface area contributed by atoms with Gasteiger partial charge in [0.25, 0.3) is 5.91 Å². The number of pyridine rings is 1. The number of nitrogens with zero attached hydrogens (tertiary/aromatic N) is 3. The van der Waals surface area contributed by atoms with E-state index in [4.69, 9.17) is 9.47 Å². The number of fused-ring (bicyclic) bond motifs is 1. The molecule has 0 spiro atoms. The molecular weight excluding hydrogens is 258 g/mol. The van der Waals surface area contributed by atoms with Crippen LogP contribution in [0.15, 0.2) is 30.7 Å². The summed E-state index contributed by atoms with van der Waals surface area (Å²) in [5.41, 5.74) is 1.46. The molecule has 2 aromatic rings. The summed E-state index contributed by atoms with van der Waals surface area (Å²) in [4.78, 5) is 18.2. The Morgan fingerprint density at radius 3 is 3.20 bits per heavy atom. The van der Waals surface area contributed by atoms with Crippen molar-refractivity contribution in [3.8, 4) is 0 Å². The molecule has 1 amide bonds. The summed E-state index contributed by atoms with van der Waals surface area (Å²) < 4.78 is 12.7. The Kier molecular flexibility index (Phi) is 3.66. The van der Waals surface area contributed by atoms with Gasteiger partial charge in [0.2, 0.25) is 0 Å². The summed E-state index contributed by atoms with van der Waals surface area (Å²) in [6, 6.07) is 3.63. The largest absolute Gasteiger partial charge is 0.376 e. The van der Waals surface area contributed by atoms with Crippen LogP contribution < -0.4 is 0 Å². The fourth-order valence-corrected chi connectivity index (χ4v) is 2.30. The average molecular weight is 275 g/mol. The molecule has 0 aromatic carbocycles. The molecule has 1 aliphatic heterocycles. The number of hydrogen-bond acceptors (Lipinski definition) is 4. The highest BCUT2D eigenvalue weighted by atomic mass is 16.6. The Bertz CT molecular complexity index is 604. The first-order chi connectivity index (χ1) is 9.74. The maximum Gasteiger partial charge on any atom is 0.255 e. The molecule has 3 rings (SSSR count). The average Bonchev–Trinajstić information content (AvgIpc) is 2.94. The number of ether oxygens (including phenoxy) is 2. The number of carbonyl (C=O) groups excluding carboxylic acids is 1. The smallest absolute Gasteiger partial charge is 0.255 e. The maximum absolute atomic E-state index is 12.4. The predicted octanol–water partition coefficient (Wildman–Crippen LogP) is 0.822. The minimum absolute atomic E-state index is 0.0326. The van der Waals surface area contributed by atoms with Crippen molar-refractivity contribution >= 4 is 11.6 Å². The van der Waals surface area contributed by atoms with Crippen LogP contribution in [-0.2, 0) is 9.47 Å². The fourth-order valence-electron chi connectivity index (χ4n) is 2.30. The van der Waals surface area contributed by atoms with Gasteiger partial charge in [0.15, 0.2) is 0 Å². The van der Waals surface area contributed by atoms with E-state index in [2.05, 4.69) is 4.98 Å². The van der Waals surface area contributed by atoms with Crippen molar-refractivity contribution in [1.29, 1.82) is 0 Å². The second kappa shape index (κ2) is 5.60. The summed E-state index contributed by atoms with van der Waals surface area (Å²) in [5.74, 6) is -0.0326. The Hall–Kier alpha value is -1.92. The number of hydrogen-bond donors (Lipinski definition) is 0. The van der Waals surface area contributed by atoms with Gasteiger partial charge in [-0.25, -0.2) is 4.98 Å². The zero-order chi connectivity index (χ0) is 13.9. The number of amides is 1. The van der Waals surface area contributed by atoms with Crippen molar-refractivity contribution < 1.29 is 14.3 Å². The van der Waals surface area contributed by atoms with E-state index in [0.717, 1.165) is 5.65 Å². The van der Waals surface area contributed by atoms with Gasteiger partial charge >= 0.3 is 0 Å². The highest BCUT2D eigenvalue weighted by Gasteiger charge is 2.20. The lowest BCUT2D eigenvalue weighted by Gasteiger charge is -2.27. The normalized spacial score (nSPS) is 19.1. The van der Waals surface area contributed by atoms with E-state index < -0.39 is 0 Å². The Morgan fingerprint density at radius 2 is 2.40 bits per heavy atom. The van der Waals surface area contributed by atoms with Gasteiger partial charge in [-0.15, -0.1) is 0 Å². The van der Waals surface area contributed by atoms with Gasteiger partial charge in [-0.05, 0) is 12.1 Å². The molecule has 6 nitrogen and oxygen atoms in total. The van der Waals surface area contributed by atoms with Crippen LogP contribution in [0.5, 0.6) is 0 Å². The molecule has 20 heavy (non-hydrogen) atoms. The van der Waals surface area contributed by atoms with E-state index in [1.54, 1.807) is 30.4 Å². The predicted molar refractivity (Wildman–Crippen MR) is 72.7 cm³/mol. The van der Waals surface area contributed by atoms with Crippen molar-refractivity contribution in [2.45, 2.75) is 6.10 Å². The van der Waals surface area contributed by atoms with Crippen molar-refractivity contribution in [1.82, 2.24) is 14.3 Å².